The van der Waals surface area contributed by atoms with Gasteiger partial charge in [0.1, 0.15) is 0 Å². The predicted molar refractivity (Wildman–Crippen MR) is 76.2 cm³/mol. The number of carbonyl (C=O) groups is 2. The van der Waals surface area contributed by atoms with E-state index in [0.717, 1.165) is 4.88 Å². The van der Waals surface area contributed by atoms with Crippen molar-refractivity contribution in [1.29, 1.82) is 0 Å². The molecule has 0 spiro atoms. The minimum atomic E-state index is -0.732. The first kappa shape index (κ1) is 13.6. The van der Waals surface area contributed by atoms with Gasteiger partial charge in [-0.1, -0.05) is 29.8 Å². The molecule has 0 atom stereocenters. The fraction of sp³-hybridized carbons (Fsp3) is 0.0769. The molecule has 0 saturated carbocycles. The zero-order valence-corrected chi connectivity index (χ0v) is 11.4. The molecule has 0 saturated heterocycles. The van der Waals surface area contributed by atoms with Gasteiger partial charge in [0, 0.05) is 4.88 Å². The van der Waals surface area contributed by atoms with Crippen molar-refractivity contribution >= 4 is 40.4 Å². The third-order valence-electron chi connectivity index (χ3n) is 2.33. The fourth-order valence-electron chi connectivity index (χ4n) is 1.40. The zero-order chi connectivity index (χ0) is 13.7. The van der Waals surface area contributed by atoms with Crippen molar-refractivity contribution in [3.63, 3.8) is 0 Å². The van der Waals surface area contributed by atoms with Crippen LogP contribution in [-0.2, 0) is 16.1 Å². The van der Waals surface area contributed by atoms with E-state index in [1.165, 1.54) is 11.3 Å². The largest absolute Gasteiger partial charge is 0.343 e. The Morgan fingerprint density at radius 2 is 1.89 bits per heavy atom. The minimum Gasteiger partial charge on any atom is -0.343 e. The van der Waals surface area contributed by atoms with Crippen LogP contribution in [0.2, 0.25) is 5.02 Å². The van der Waals surface area contributed by atoms with E-state index in [2.05, 4.69) is 10.6 Å². The molecule has 0 fully saturated rings. The summed E-state index contributed by atoms with van der Waals surface area (Å²) < 4.78 is 0. The van der Waals surface area contributed by atoms with Crippen molar-refractivity contribution in [2.24, 2.45) is 0 Å². The lowest BCUT2D eigenvalue weighted by molar-refractivity contribution is -0.136. The van der Waals surface area contributed by atoms with Crippen molar-refractivity contribution in [2.45, 2.75) is 6.54 Å². The first-order chi connectivity index (χ1) is 9.16. The van der Waals surface area contributed by atoms with Gasteiger partial charge in [0.05, 0.1) is 17.3 Å². The SMILES string of the molecule is O=C(NCc1cccs1)C(=O)Nc1ccccc1Cl. The molecule has 19 heavy (non-hydrogen) atoms. The highest BCUT2D eigenvalue weighted by Gasteiger charge is 2.14. The number of hydrogen-bond donors (Lipinski definition) is 2. The Hall–Kier alpha value is -1.85. The summed E-state index contributed by atoms with van der Waals surface area (Å²) in [6.45, 7) is 0.340. The van der Waals surface area contributed by atoms with E-state index in [1.54, 1.807) is 24.3 Å². The van der Waals surface area contributed by atoms with Crippen LogP contribution in [0.5, 0.6) is 0 Å². The number of benzene rings is 1. The maximum absolute atomic E-state index is 11.6. The molecule has 98 valence electrons. The highest BCUT2D eigenvalue weighted by atomic mass is 35.5. The van der Waals surface area contributed by atoms with Gasteiger partial charge < -0.3 is 10.6 Å². The highest BCUT2D eigenvalue weighted by Crippen LogP contribution is 2.20. The number of nitrogens with one attached hydrogen (secondary N) is 2. The lowest BCUT2D eigenvalue weighted by atomic mass is 10.3. The minimum absolute atomic E-state index is 0.340. The summed E-state index contributed by atoms with van der Waals surface area (Å²) in [7, 11) is 0. The Labute approximate surface area is 119 Å². The quantitative estimate of drug-likeness (QED) is 0.855. The van der Waals surface area contributed by atoms with Crippen LogP contribution in [0.15, 0.2) is 41.8 Å². The molecule has 0 aliphatic carbocycles. The molecule has 2 N–H and O–H groups in total. The molecular weight excluding hydrogens is 284 g/mol. The summed E-state index contributed by atoms with van der Waals surface area (Å²) in [5.74, 6) is -1.42. The van der Waals surface area contributed by atoms with E-state index < -0.39 is 11.8 Å². The molecule has 0 bridgehead atoms. The average molecular weight is 295 g/mol. The summed E-state index contributed by atoms with van der Waals surface area (Å²) in [6, 6.07) is 10.5. The molecule has 4 nitrogen and oxygen atoms in total. The molecule has 1 aromatic heterocycles. The van der Waals surface area contributed by atoms with Crippen molar-refractivity contribution in [3.8, 4) is 0 Å². The number of para-hydroxylation sites is 1. The Morgan fingerprint density at radius 1 is 1.11 bits per heavy atom. The monoisotopic (exact) mass is 294 g/mol. The molecular formula is C13H11ClN2O2S. The van der Waals surface area contributed by atoms with Gasteiger partial charge in [-0.05, 0) is 23.6 Å². The van der Waals surface area contributed by atoms with Crippen LogP contribution in [0.4, 0.5) is 5.69 Å². The van der Waals surface area contributed by atoms with E-state index >= 15 is 0 Å². The van der Waals surface area contributed by atoms with Crippen LogP contribution < -0.4 is 10.6 Å². The van der Waals surface area contributed by atoms with Gasteiger partial charge in [0.15, 0.2) is 0 Å². The Kier molecular flexibility index (Phi) is 4.54. The predicted octanol–water partition coefficient (Wildman–Crippen LogP) is 2.66. The molecule has 0 aliphatic rings. The fourth-order valence-corrected chi connectivity index (χ4v) is 2.23. The number of carbonyl (C=O) groups excluding carboxylic acids is 2. The van der Waals surface area contributed by atoms with Crippen molar-refractivity contribution in [2.75, 3.05) is 5.32 Å². The van der Waals surface area contributed by atoms with Crippen LogP contribution in [0.3, 0.4) is 0 Å². The van der Waals surface area contributed by atoms with Crippen LogP contribution in [0.25, 0.3) is 0 Å². The standard InChI is InChI=1S/C13H11ClN2O2S/c14-10-5-1-2-6-11(10)16-13(18)12(17)15-8-9-4-3-7-19-9/h1-7H,8H2,(H,15,17)(H,16,18). The number of thiophene rings is 1. The van der Waals surface area contributed by atoms with Gasteiger partial charge in [-0.2, -0.15) is 0 Å². The number of rotatable bonds is 3. The van der Waals surface area contributed by atoms with Crippen molar-refractivity contribution < 1.29 is 9.59 Å². The molecule has 0 aliphatic heterocycles. The maximum Gasteiger partial charge on any atom is 0.313 e. The summed E-state index contributed by atoms with van der Waals surface area (Å²) in [5, 5.41) is 7.30. The molecule has 2 aromatic rings. The summed E-state index contributed by atoms with van der Waals surface area (Å²) in [6.07, 6.45) is 0. The first-order valence-corrected chi connectivity index (χ1v) is 6.78. The van der Waals surface area contributed by atoms with E-state index in [9.17, 15) is 9.59 Å². The van der Waals surface area contributed by atoms with E-state index in [4.69, 9.17) is 11.6 Å². The van der Waals surface area contributed by atoms with Gasteiger partial charge >= 0.3 is 11.8 Å². The van der Waals surface area contributed by atoms with Gasteiger partial charge in [0.25, 0.3) is 0 Å². The Bertz CT molecular complexity index is 584. The summed E-state index contributed by atoms with van der Waals surface area (Å²) >= 11 is 7.40. The second kappa shape index (κ2) is 6.36. The maximum atomic E-state index is 11.6. The van der Waals surface area contributed by atoms with Crippen LogP contribution in [-0.4, -0.2) is 11.8 Å². The molecule has 1 heterocycles. The highest BCUT2D eigenvalue weighted by molar-refractivity contribution is 7.09. The van der Waals surface area contributed by atoms with Crippen LogP contribution >= 0.6 is 22.9 Å². The van der Waals surface area contributed by atoms with E-state index in [0.29, 0.717) is 17.3 Å². The lowest BCUT2D eigenvalue weighted by Gasteiger charge is -2.06. The molecule has 2 rings (SSSR count). The van der Waals surface area contributed by atoms with E-state index in [-0.39, 0.29) is 0 Å². The topological polar surface area (TPSA) is 58.2 Å². The third kappa shape index (κ3) is 3.81. The van der Waals surface area contributed by atoms with Gasteiger partial charge in [-0.25, -0.2) is 0 Å². The number of hydrogen-bond acceptors (Lipinski definition) is 3. The van der Waals surface area contributed by atoms with Crippen LogP contribution in [0.1, 0.15) is 4.88 Å². The third-order valence-corrected chi connectivity index (χ3v) is 3.54. The molecule has 2 amide bonds. The number of halogens is 1. The Morgan fingerprint density at radius 3 is 2.58 bits per heavy atom. The zero-order valence-electron chi connectivity index (χ0n) is 9.85. The first-order valence-electron chi connectivity index (χ1n) is 5.53. The number of anilines is 1. The summed E-state index contributed by atoms with van der Waals surface area (Å²) in [5.41, 5.74) is 0.417. The molecule has 1 aromatic carbocycles. The second-order valence-electron chi connectivity index (χ2n) is 3.70. The van der Waals surface area contributed by atoms with Crippen molar-refractivity contribution in [3.05, 3.63) is 51.7 Å². The lowest BCUT2D eigenvalue weighted by Crippen LogP contribution is -2.34. The van der Waals surface area contributed by atoms with Gasteiger partial charge in [-0.15, -0.1) is 11.3 Å². The van der Waals surface area contributed by atoms with Crippen LogP contribution in [0, 0.1) is 0 Å². The molecule has 0 unspecified atom stereocenters. The normalized spacial score (nSPS) is 9.95. The van der Waals surface area contributed by atoms with Gasteiger partial charge in [-0.3, -0.25) is 9.59 Å². The summed E-state index contributed by atoms with van der Waals surface area (Å²) in [4.78, 5) is 24.2. The smallest absolute Gasteiger partial charge is 0.313 e. The van der Waals surface area contributed by atoms with E-state index in [1.807, 2.05) is 17.5 Å². The second-order valence-corrected chi connectivity index (χ2v) is 5.14. The van der Waals surface area contributed by atoms with Crippen molar-refractivity contribution in [1.82, 2.24) is 5.32 Å². The average Bonchev–Trinajstić information content (AvgIpc) is 2.91. The molecule has 0 radical (unpaired) electrons. The molecule has 6 heteroatoms. The van der Waals surface area contributed by atoms with Gasteiger partial charge in [0.2, 0.25) is 0 Å². The Balaban J connectivity index is 1.89. The number of amides is 2.